The van der Waals surface area contributed by atoms with Gasteiger partial charge in [-0.25, -0.2) is 23.2 Å². The van der Waals surface area contributed by atoms with Gasteiger partial charge in [0, 0.05) is 5.69 Å². The van der Waals surface area contributed by atoms with Gasteiger partial charge in [0.05, 0.1) is 39.5 Å². The molecule has 2 heterocycles. The molecule has 1 atom stereocenters. The fourth-order valence-corrected chi connectivity index (χ4v) is 4.95. The molecule has 1 aromatic carbocycles. The number of urea groups is 1. The second kappa shape index (κ2) is 5.70. The third kappa shape index (κ3) is 3.48. The number of aryl methyl sites for hydroxylation is 2. The molecule has 1 aliphatic heterocycles. The van der Waals surface area contributed by atoms with E-state index in [2.05, 4.69) is 20.6 Å². The zero-order chi connectivity index (χ0) is 17.5. The van der Waals surface area contributed by atoms with Crippen molar-refractivity contribution in [2.45, 2.75) is 32.7 Å². The van der Waals surface area contributed by atoms with Crippen LogP contribution in [0.1, 0.15) is 24.7 Å². The van der Waals surface area contributed by atoms with E-state index in [4.69, 9.17) is 0 Å². The predicted molar refractivity (Wildman–Crippen MR) is 92.8 cm³/mol. The van der Waals surface area contributed by atoms with Gasteiger partial charge in [-0.05, 0) is 45.4 Å². The molecule has 8 heteroatoms. The Morgan fingerprint density at radius 1 is 1.17 bits per heavy atom. The Hall–Kier alpha value is -2.22. The van der Waals surface area contributed by atoms with E-state index in [0.717, 1.165) is 16.9 Å². The molecule has 0 saturated carbocycles. The number of nitrogens with zero attached hydrogens (tertiary/aromatic N) is 2. The Morgan fingerprint density at radius 2 is 1.83 bits per heavy atom. The smallest absolute Gasteiger partial charge is 0.319 e. The summed E-state index contributed by atoms with van der Waals surface area (Å²) in [6, 6.07) is 4.87. The Balaban J connectivity index is 1.75. The van der Waals surface area contributed by atoms with Crippen LogP contribution >= 0.6 is 0 Å². The minimum Gasteiger partial charge on any atom is -0.332 e. The zero-order valence-corrected chi connectivity index (χ0v) is 14.7. The van der Waals surface area contributed by atoms with Crippen molar-refractivity contribution < 1.29 is 13.2 Å². The number of hydrogen-bond acceptors (Lipinski definition) is 5. The summed E-state index contributed by atoms with van der Waals surface area (Å²) >= 11 is 0. The number of amides is 2. The Kier molecular flexibility index (Phi) is 3.95. The fraction of sp³-hybridized carbons (Fsp3) is 0.438. The molecule has 1 aromatic heterocycles. The molecule has 2 amide bonds. The minimum absolute atomic E-state index is 0.0327. The molecule has 1 fully saturated rings. The highest BCUT2D eigenvalue weighted by Crippen LogP contribution is 2.23. The van der Waals surface area contributed by atoms with E-state index in [1.807, 2.05) is 13.8 Å². The number of anilines is 1. The number of sulfone groups is 1. The largest absolute Gasteiger partial charge is 0.332 e. The SMILES string of the molecule is Cc1nc2ccc(NC(=O)N[C@@]3(C)CCS(=O)(=O)C3)cc2nc1C. The van der Waals surface area contributed by atoms with Crippen LogP contribution in [-0.4, -0.2) is 41.5 Å². The molecule has 0 spiro atoms. The van der Waals surface area contributed by atoms with Crippen molar-refractivity contribution in [2.75, 3.05) is 16.8 Å². The Bertz CT molecular complexity index is 926. The maximum atomic E-state index is 12.2. The van der Waals surface area contributed by atoms with Crippen LogP contribution in [0.2, 0.25) is 0 Å². The van der Waals surface area contributed by atoms with Crippen molar-refractivity contribution in [1.82, 2.24) is 15.3 Å². The number of rotatable bonds is 2. The molecule has 128 valence electrons. The molecular formula is C16H20N4O3S. The maximum absolute atomic E-state index is 12.2. The Morgan fingerprint density at radius 3 is 2.46 bits per heavy atom. The van der Waals surface area contributed by atoms with Crippen molar-refractivity contribution in [3.63, 3.8) is 0 Å². The summed E-state index contributed by atoms with van der Waals surface area (Å²) in [5.41, 5.74) is 3.03. The second-order valence-corrected chi connectivity index (χ2v) is 8.76. The van der Waals surface area contributed by atoms with Gasteiger partial charge in [-0.2, -0.15) is 0 Å². The number of aromatic nitrogens is 2. The van der Waals surface area contributed by atoms with Crippen LogP contribution in [0.4, 0.5) is 10.5 Å². The van der Waals surface area contributed by atoms with Gasteiger partial charge in [0.15, 0.2) is 9.84 Å². The monoisotopic (exact) mass is 348 g/mol. The first-order chi connectivity index (χ1) is 11.2. The van der Waals surface area contributed by atoms with E-state index < -0.39 is 21.4 Å². The number of nitrogens with one attached hydrogen (secondary N) is 2. The topological polar surface area (TPSA) is 101 Å². The summed E-state index contributed by atoms with van der Waals surface area (Å²) < 4.78 is 23.2. The summed E-state index contributed by atoms with van der Waals surface area (Å²) in [7, 11) is -3.07. The first-order valence-electron chi connectivity index (χ1n) is 7.70. The van der Waals surface area contributed by atoms with E-state index in [1.54, 1.807) is 25.1 Å². The highest BCUT2D eigenvalue weighted by atomic mass is 32.2. The number of benzene rings is 1. The lowest BCUT2D eigenvalue weighted by Gasteiger charge is -2.24. The van der Waals surface area contributed by atoms with Gasteiger partial charge in [-0.15, -0.1) is 0 Å². The average molecular weight is 348 g/mol. The number of hydrogen-bond donors (Lipinski definition) is 2. The van der Waals surface area contributed by atoms with Gasteiger partial charge < -0.3 is 10.6 Å². The molecule has 7 nitrogen and oxygen atoms in total. The average Bonchev–Trinajstić information content (AvgIpc) is 2.73. The van der Waals surface area contributed by atoms with Crippen molar-refractivity contribution in [3.05, 3.63) is 29.6 Å². The van der Waals surface area contributed by atoms with E-state index in [9.17, 15) is 13.2 Å². The Labute approximate surface area is 140 Å². The highest BCUT2D eigenvalue weighted by molar-refractivity contribution is 7.91. The van der Waals surface area contributed by atoms with Crippen molar-refractivity contribution in [2.24, 2.45) is 0 Å². The van der Waals surface area contributed by atoms with E-state index in [0.29, 0.717) is 17.6 Å². The van der Waals surface area contributed by atoms with Crippen LogP contribution in [0.15, 0.2) is 18.2 Å². The molecule has 3 rings (SSSR count). The van der Waals surface area contributed by atoms with Gasteiger partial charge in [0.1, 0.15) is 0 Å². The van der Waals surface area contributed by atoms with Crippen LogP contribution in [-0.2, 0) is 9.84 Å². The van der Waals surface area contributed by atoms with Crippen LogP contribution in [0.25, 0.3) is 11.0 Å². The van der Waals surface area contributed by atoms with E-state index in [1.165, 1.54) is 0 Å². The van der Waals surface area contributed by atoms with Crippen LogP contribution in [0.3, 0.4) is 0 Å². The third-order valence-electron chi connectivity index (χ3n) is 4.25. The van der Waals surface area contributed by atoms with E-state index >= 15 is 0 Å². The van der Waals surface area contributed by atoms with Gasteiger partial charge in [-0.3, -0.25) is 0 Å². The van der Waals surface area contributed by atoms with Crippen LogP contribution in [0.5, 0.6) is 0 Å². The lowest BCUT2D eigenvalue weighted by Crippen LogP contribution is -2.48. The molecule has 0 aliphatic carbocycles. The number of fused-ring (bicyclic) bond motifs is 1. The first-order valence-corrected chi connectivity index (χ1v) is 9.53. The maximum Gasteiger partial charge on any atom is 0.319 e. The van der Waals surface area contributed by atoms with Gasteiger partial charge in [0.25, 0.3) is 0 Å². The van der Waals surface area contributed by atoms with Gasteiger partial charge >= 0.3 is 6.03 Å². The van der Waals surface area contributed by atoms with Crippen molar-refractivity contribution >= 4 is 32.6 Å². The summed E-state index contributed by atoms with van der Waals surface area (Å²) in [6.45, 7) is 5.53. The zero-order valence-electron chi connectivity index (χ0n) is 13.9. The molecule has 1 aliphatic rings. The van der Waals surface area contributed by atoms with E-state index in [-0.39, 0.29) is 11.5 Å². The van der Waals surface area contributed by atoms with Crippen LogP contribution < -0.4 is 10.6 Å². The van der Waals surface area contributed by atoms with Gasteiger partial charge in [0.2, 0.25) is 0 Å². The lowest BCUT2D eigenvalue weighted by molar-refractivity contribution is 0.242. The lowest BCUT2D eigenvalue weighted by atomic mass is 10.0. The predicted octanol–water partition coefficient (Wildman–Crippen LogP) is 1.95. The summed E-state index contributed by atoms with van der Waals surface area (Å²) in [4.78, 5) is 21.1. The standard InChI is InChI=1S/C16H20N4O3S/c1-10-11(2)18-14-8-12(4-5-13(14)17-10)19-15(21)20-16(3)6-7-24(22,23)9-16/h4-5,8H,6-7,9H2,1-3H3,(H2,19,20,21)/t16-/m0/s1. The normalized spacial score (nSPS) is 22.5. The number of carbonyl (C=O) groups is 1. The first kappa shape index (κ1) is 16.6. The summed E-state index contributed by atoms with van der Waals surface area (Å²) in [6.07, 6.45) is 0.421. The molecule has 0 radical (unpaired) electrons. The summed E-state index contributed by atoms with van der Waals surface area (Å²) in [5.74, 6) is 0.0725. The molecule has 24 heavy (non-hydrogen) atoms. The van der Waals surface area contributed by atoms with Gasteiger partial charge in [-0.1, -0.05) is 0 Å². The molecule has 2 N–H and O–H groups in total. The van der Waals surface area contributed by atoms with Crippen molar-refractivity contribution in [3.8, 4) is 0 Å². The second-order valence-electron chi connectivity index (χ2n) is 6.58. The molecule has 1 saturated heterocycles. The third-order valence-corrected chi connectivity index (χ3v) is 6.15. The molecule has 0 bridgehead atoms. The fourth-order valence-electron chi connectivity index (χ4n) is 2.85. The summed E-state index contributed by atoms with van der Waals surface area (Å²) in [5, 5.41) is 5.50. The molecular weight excluding hydrogens is 328 g/mol. The number of carbonyl (C=O) groups excluding carboxylic acids is 1. The van der Waals surface area contributed by atoms with Crippen molar-refractivity contribution in [1.29, 1.82) is 0 Å². The highest BCUT2D eigenvalue weighted by Gasteiger charge is 2.39. The van der Waals surface area contributed by atoms with Crippen LogP contribution in [0, 0.1) is 13.8 Å². The minimum atomic E-state index is -3.07. The quantitative estimate of drug-likeness (QED) is 0.864. The molecule has 2 aromatic rings. The molecule has 0 unspecified atom stereocenters.